The van der Waals surface area contributed by atoms with Gasteiger partial charge in [0.25, 0.3) is 0 Å². The van der Waals surface area contributed by atoms with E-state index in [0.29, 0.717) is 5.92 Å². The highest BCUT2D eigenvalue weighted by Crippen LogP contribution is 2.12. The third-order valence-corrected chi connectivity index (χ3v) is 2.21. The summed E-state index contributed by atoms with van der Waals surface area (Å²) in [6, 6.07) is -0.236. The fourth-order valence-electron chi connectivity index (χ4n) is 1.34. The van der Waals surface area contributed by atoms with Crippen molar-refractivity contribution in [2.24, 2.45) is 5.92 Å². The first-order chi connectivity index (χ1) is 6.45. The van der Waals surface area contributed by atoms with Gasteiger partial charge in [-0.05, 0) is 12.3 Å². The molecule has 0 rings (SSSR count). The van der Waals surface area contributed by atoms with Crippen LogP contribution < -0.4 is 5.32 Å². The van der Waals surface area contributed by atoms with Crippen molar-refractivity contribution in [1.29, 1.82) is 0 Å². The summed E-state index contributed by atoms with van der Waals surface area (Å²) < 4.78 is 0. The van der Waals surface area contributed by atoms with Gasteiger partial charge in [0.1, 0.15) is 0 Å². The highest BCUT2D eigenvalue weighted by atomic mass is 16.4. The molecule has 1 amide bonds. The highest BCUT2D eigenvalue weighted by molar-refractivity contribution is 5.74. The first kappa shape index (κ1) is 12.9. The summed E-state index contributed by atoms with van der Waals surface area (Å²) in [5, 5.41) is 11.3. The summed E-state index contributed by atoms with van der Waals surface area (Å²) in [6.45, 7) is 5.51. The Balaban J connectivity index is 4.09. The number of hydrogen-bond acceptors (Lipinski definition) is 2. The minimum Gasteiger partial charge on any atom is -0.481 e. The molecule has 4 heteroatoms. The van der Waals surface area contributed by atoms with Crippen molar-refractivity contribution in [1.82, 2.24) is 5.32 Å². The normalized spacial score (nSPS) is 14.5. The Morgan fingerprint density at radius 1 is 1.43 bits per heavy atom. The zero-order chi connectivity index (χ0) is 11.1. The molecule has 0 aliphatic heterocycles. The number of carbonyl (C=O) groups excluding carboxylic acids is 1. The molecular formula is C10H19NO3. The zero-order valence-electron chi connectivity index (χ0n) is 9.04. The molecule has 14 heavy (non-hydrogen) atoms. The van der Waals surface area contributed by atoms with Crippen molar-refractivity contribution in [2.75, 3.05) is 0 Å². The number of hydrogen-bond donors (Lipinski definition) is 2. The molecule has 0 aromatic rings. The molecule has 2 N–H and O–H groups in total. The summed E-state index contributed by atoms with van der Waals surface area (Å²) in [7, 11) is 0. The quantitative estimate of drug-likeness (QED) is 0.682. The van der Waals surface area contributed by atoms with Gasteiger partial charge in [-0.2, -0.15) is 0 Å². The third kappa shape index (κ3) is 6.46. The maximum atomic E-state index is 10.8. The van der Waals surface area contributed by atoms with Gasteiger partial charge >= 0.3 is 5.97 Å². The molecule has 2 atom stereocenters. The second-order valence-electron chi connectivity index (χ2n) is 3.74. The second-order valence-corrected chi connectivity index (χ2v) is 3.74. The standard InChI is InChI=1S/C10H19NO3/c1-4-7(2)5-9(6-10(13)14)11-8(3)12/h7,9H,4-6H2,1-3H3,(H,11,12)(H,13,14)/t7-,9+/m1/s1. The summed E-state index contributed by atoms with van der Waals surface area (Å²) in [5.74, 6) is -0.599. The van der Waals surface area contributed by atoms with Gasteiger partial charge in [-0.3, -0.25) is 9.59 Å². The molecule has 4 nitrogen and oxygen atoms in total. The SMILES string of the molecule is CC[C@@H](C)C[C@@H](CC(=O)O)NC(C)=O. The van der Waals surface area contributed by atoms with Crippen LogP contribution in [0, 0.1) is 5.92 Å². The van der Waals surface area contributed by atoms with Gasteiger partial charge in [-0.15, -0.1) is 0 Å². The lowest BCUT2D eigenvalue weighted by atomic mass is 9.97. The van der Waals surface area contributed by atoms with E-state index in [1.165, 1.54) is 6.92 Å². The fraction of sp³-hybridized carbons (Fsp3) is 0.800. The van der Waals surface area contributed by atoms with Crippen LogP contribution in [0.3, 0.4) is 0 Å². The maximum Gasteiger partial charge on any atom is 0.305 e. The number of amides is 1. The number of aliphatic carboxylic acids is 1. The van der Waals surface area contributed by atoms with Gasteiger partial charge in [-0.1, -0.05) is 20.3 Å². The zero-order valence-corrected chi connectivity index (χ0v) is 9.04. The molecule has 0 aromatic heterocycles. The van der Waals surface area contributed by atoms with E-state index in [1.54, 1.807) is 0 Å². The molecule has 0 unspecified atom stereocenters. The van der Waals surface area contributed by atoms with E-state index in [4.69, 9.17) is 5.11 Å². The molecule has 0 bridgehead atoms. The minimum absolute atomic E-state index is 0.00389. The molecular weight excluding hydrogens is 182 g/mol. The lowest BCUT2D eigenvalue weighted by Gasteiger charge is -2.19. The average Bonchev–Trinajstić information content (AvgIpc) is 2.01. The van der Waals surface area contributed by atoms with Crippen LogP contribution in [0.4, 0.5) is 0 Å². The molecule has 0 aliphatic carbocycles. The fourth-order valence-corrected chi connectivity index (χ4v) is 1.34. The van der Waals surface area contributed by atoms with E-state index in [9.17, 15) is 9.59 Å². The van der Waals surface area contributed by atoms with E-state index < -0.39 is 5.97 Å². The van der Waals surface area contributed by atoms with Gasteiger partial charge in [0.05, 0.1) is 6.42 Å². The Kier molecular flexibility index (Phi) is 5.92. The monoisotopic (exact) mass is 201 g/mol. The van der Waals surface area contributed by atoms with Crippen molar-refractivity contribution in [2.45, 2.75) is 46.1 Å². The van der Waals surface area contributed by atoms with Crippen LogP contribution in [-0.2, 0) is 9.59 Å². The molecule has 0 aromatic carbocycles. The smallest absolute Gasteiger partial charge is 0.305 e. The lowest BCUT2D eigenvalue weighted by Crippen LogP contribution is -2.36. The van der Waals surface area contributed by atoms with Crippen LogP contribution in [0.2, 0.25) is 0 Å². The summed E-state index contributed by atoms with van der Waals surface area (Å²) >= 11 is 0. The van der Waals surface area contributed by atoms with Crippen LogP contribution in [0.25, 0.3) is 0 Å². The van der Waals surface area contributed by atoms with Crippen LogP contribution in [0.1, 0.15) is 40.0 Å². The molecule has 0 spiro atoms. The highest BCUT2D eigenvalue weighted by Gasteiger charge is 2.16. The summed E-state index contributed by atoms with van der Waals surface area (Å²) in [4.78, 5) is 21.3. The van der Waals surface area contributed by atoms with Gasteiger partial charge in [-0.25, -0.2) is 0 Å². The van der Waals surface area contributed by atoms with Gasteiger partial charge in [0, 0.05) is 13.0 Å². The Bertz CT molecular complexity index is 188. The maximum absolute atomic E-state index is 10.8. The van der Waals surface area contributed by atoms with Gasteiger partial charge in [0.2, 0.25) is 5.91 Å². The molecule has 0 aliphatic rings. The molecule has 0 heterocycles. The van der Waals surface area contributed by atoms with Crippen molar-refractivity contribution < 1.29 is 14.7 Å². The van der Waals surface area contributed by atoms with Crippen molar-refractivity contribution >= 4 is 11.9 Å². The summed E-state index contributed by atoms with van der Waals surface area (Å²) in [6.07, 6.45) is 1.72. The van der Waals surface area contributed by atoms with E-state index in [2.05, 4.69) is 19.2 Å². The van der Waals surface area contributed by atoms with Crippen molar-refractivity contribution in [3.05, 3.63) is 0 Å². The van der Waals surface area contributed by atoms with E-state index in [0.717, 1.165) is 12.8 Å². The average molecular weight is 201 g/mol. The largest absolute Gasteiger partial charge is 0.481 e. The predicted octanol–water partition coefficient (Wildman–Crippen LogP) is 1.40. The molecule has 0 saturated carbocycles. The molecule has 82 valence electrons. The first-order valence-electron chi connectivity index (χ1n) is 4.94. The second kappa shape index (κ2) is 6.40. The van der Waals surface area contributed by atoms with Crippen molar-refractivity contribution in [3.8, 4) is 0 Å². The summed E-state index contributed by atoms with van der Waals surface area (Å²) in [5.41, 5.74) is 0. The molecule has 0 radical (unpaired) electrons. The topological polar surface area (TPSA) is 66.4 Å². The van der Waals surface area contributed by atoms with Gasteiger partial charge in [0.15, 0.2) is 0 Å². The lowest BCUT2D eigenvalue weighted by molar-refractivity contribution is -0.137. The molecule has 0 saturated heterocycles. The number of carboxylic acid groups (broad SMARTS) is 1. The van der Waals surface area contributed by atoms with Crippen molar-refractivity contribution in [3.63, 3.8) is 0 Å². The van der Waals surface area contributed by atoms with Crippen LogP contribution in [0.15, 0.2) is 0 Å². The minimum atomic E-state index is -0.868. The van der Waals surface area contributed by atoms with Crippen LogP contribution in [-0.4, -0.2) is 23.0 Å². The first-order valence-corrected chi connectivity index (χ1v) is 4.94. The van der Waals surface area contributed by atoms with Crippen LogP contribution >= 0.6 is 0 Å². The van der Waals surface area contributed by atoms with Crippen LogP contribution in [0.5, 0.6) is 0 Å². The Morgan fingerprint density at radius 2 is 2.00 bits per heavy atom. The Hall–Kier alpha value is -1.06. The van der Waals surface area contributed by atoms with E-state index >= 15 is 0 Å². The Morgan fingerprint density at radius 3 is 2.36 bits per heavy atom. The van der Waals surface area contributed by atoms with E-state index in [1.807, 2.05) is 0 Å². The van der Waals surface area contributed by atoms with Gasteiger partial charge < -0.3 is 10.4 Å². The predicted molar refractivity (Wildman–Crippen MR) is 53.9 cm³/mol. The number of nitrogens with one attached hydrogen (secondary N) is 1. The van der Waals surface area contributed by atoms with E-state index in [-0.39, 0.29) is 18.4 Å². The number of carbonyl (C=O) groups is 2. The molecule has 0 fully saturated rings. The number of carboxylic acids is 1. The number of rotatable bonds is 6. The third-order valence-electron chi connectivity index (χ3n) is 2.21. The Labute approximate surface area is 84.7 Å².